The molecule has 0 aliphatic heterocycles. The number of nitrogens with zero attached hydrogens (tertiary/aromatic N) is 2. The highest BCUT2D eigenvalue weighted by Gasteiger charge is 2.14. The summed E-state index contributed by atoms with van der Waals surface area (Å²) < 4.78 is 0. The van der Waals surface area contributed by atoms with Gasteiger partial charge in [-0.3, -0.25) is 9.59 Å². The number of rotatable bonds is 6. The van der Waals surface area contributed by atoms with E-state index in [9.17, 15) is 9.59 Å². The Bertz CT molecular complexity index is 1360. The Morgan fingerprint density at radius 3 is 1.52 bits per heavy atom. The summed E-state index contributed by atoms with van der Waals surface area (Å²) >= 11 is 1.27. The summed E-state index contributed by atoms with van der Waals surface area (Å²) in [5.41, 5.74) is 1.52. The molecular weight excluding hydrogens is 432 g/mol. The van der Waals surface area contributed by atoms with Crippen LogP contribution in [0.2, 0.25) is 0 Å². The predicted molar refractivity (Wildman–Crippen MR) is 132 cm³/mol. The number of carbonyl (C=O) groups is 2. The third-order valence-corrected chi connectivity index (χ3v) is 6.18. The van der Waals surface area contributed by atoms with Gasteiger partial charge in [0.2, 0.25) is 11.8 Å². The first-order valence-electron chi connectivity index (χ1n) is 10.5. The minimum atomic E-state index is -0.172. The molecule has 0 aliphatic carbocycles. The average molecular weight is 453 g/mol. The molecule has 0 saturated heterocycles. The van der Waals surface area contributed by atoms with Gasteiger partial charge in [-0.25, -0.2) is 0 Å². The Balaban J connectivity index is 1.22. The normalized spacial score (nSPS) is 10.9. The highest BCUT2D eigenvalue weighted by Crippen LogP contribution is 2.24. The third-order valence-electron chi connectivity index (χ3n) is 5.26. The average Bonchev–Trinajstić information content (AvgIpc) is 3.26. The number of anilines is 2. The maximum atomic E-state index is 12.6. The van der Waals surface area contributed by atoms with E-state index < -0.39 is 0 Å². The molecule has 7 heteroatoms. The first-order valence-corrected chi connectivity index (χ1v) is 11.3. The van der Waals surface area contributed by atoms with Crippen molar-refractivity contribution in [2.45, 2.75) is 12.8 Å². The van der Waals surface area contributed by atoms with Gasteiger partial charge in [-0.05, 0) is 22.9 Å². The van der Waals surface area contributed by atoms with Gasteiger partial charge in [-0.2, -0.15) is 0 Å². The van der Waals surface area contributed by atoms with Crippen molar-refractivity contribution in [3.05, 3.63) is 94.9 Å². The zero-order chi connectivity index (χ0) is 22.6. The van der Waals surface area contributed by atoms with E-state index in [2.05, 4.69) is 20.8 Å². The van der Waals surface area contributed by atoms with E-state index >= 15 is 0 Å². The van der Waals surface area contributed by atoms with Crippen LogP contribution < -0.4 is 10.6 Å². The zero-order valence-corrected chi connectivity index (χ0v) is 18.4. The van der Waals surface area contributed by atoms with Crippen LogP contribution in [0.5, 0.6) is 0 Å². The standard InChI is InChI=1S/C26H20N4O2S/c31-23(27-21-13-5-9-17-7-1-3-11-19(17)21)15-25-29-30-26(33-25)16-24(32)28-22-14-6-10-18-8-2-4-12-20(18)22/h1-14H,15-16H2,(H,27,31)(H,28,32). The molecule has 2 amide bonds. The summed E-state index contributed by atoms with van der Waals surface area (Å²) in [4.78, 5) is 25.1. The molecule has 162 valence electrons. The molecule has 0 saturated carbocycles. The lowest BCUT2D eigenvalue weighted by atomic mass is 10.1. The number of amides is 2. The molecule has 0 unspecified atom stereocenters. The van der Waals surface area contributed by atoms with Gasteiger partial charge < -0.3 is 10.6 Å². The van der Waals surface area contributed by atoms with Crippen LogP contribution in [0.3, 0.4) is 0 Å². The smallest absolute Gasteiger partial charge is 0.231 e. The Hall–Kier alpha value is -4.10. The van der Waals surface area contributed by atoms with Crippen molar-refractivity contribution in [1.29, 1.82) is 0 Å². The van der Waals surface area contributed by atoms with Gasteiger partial charge in [0.25, 0.3) is 0 Å². The summed E-state index contributed by atoms with van der Waals surface area (Å²) in [5.74, 6) is -0.344. The molecular formula is C26H20N4O2S. The summed E-state index contributed by atoms with van der Waals surface area (Å²) in [6.45, 7) is 0. The molecule has 1 heterocycles. The lowest BCUT2D eigenvalue weighted by Crippen LogP contribution is -2.14. The summed E-state index contributed by atoms with van der Waals surface area (Å²) in [6, 6.07) is 27.4. The topological polar surface area (TPSA) is 84.0 Å². The van der Waals surface area contributed by atoms with E-state index in [4.69, 9.17) is 0 Å². The van der Waals surface area contributed by atoms with Crippen LogP contribution in [-0.2, 0) is 22.4 Å². The molecule has 4 aromatic carbocycles. The summed E-state index contributed by atoms with van der Waals surface area (Å²) in [5, 5.41) is 19.3. The molecule has 0 aliphatic rings. The highest BCUT2D eigenvalue weighted by atomic mass is 32.1. The van der Waals surface area contributed by atoms with Crippen LogP contribution in [0.4, 0.5) is 11.4 Å². The monoisotopic (exact) mass is 452 g/mol. The molecule has 6 nitrogen and oxygen atoms in total. The van der Waals surface area contributed by atoms with Crippen molar-refractivity contribution < 1.29 is 9.59 Å². The third kappa shape index (κ3) is 4.73. The highest BCUT2D eigenvalue weighted by molar-refractivity contribution is 7.11. The van der Waals surface area contributed by atoms with Crippen LogP contribution in [0.1, 0.15) is 10.0 Å². The van der Waals surface area contributed by atoms with E-state index in [-0.39, 0.29) is 24.7 Å². The van der Waals surface area contributed by atoms with Crippen molar-refractivity contribution >= 4 is 56.1 Å². The van der Waals surface area contributed by atoms with Crippen molar-refractivity contribution in [3.8, 4) is 0 Å². The fraction of sp³-hybridized carbons (Fsp3) is 0.0769. The predicted octanol–water partition coefficient (Wildman–Crippen LogP) is 5.21. The van der Waals surface area contributed by atoms with Crippen molar-refractivity contribution in [1.82, 2.24) is 10.2 Å². The second-order valence-electron chi connectivity index (χ2n) is 7.59. The number of hydrogen-bond acceptors (Lipinski definition) is 5. The first kappa shape index (κ1) is 20.8. The molecule has 0 bridgehead atoms. The molecule has 5 rings (SSSR count). The van der Waals surface area contributed by atoms with Gasteiger partial charge in [0, 0.05) is 22.1 Å². The molecule has 0 fully saturated rings. The van der Waals surface area contributed by atoms with Gasteiger partial charge >= 0.3 is 0 Å². The van der Waals surface area contributed by atoms with Crippen LogP contribution in [0, 0.1) is 0 Å². The largest absolute Gasteiger partial charge is 0.325 e. The summed E-state index contributed by atoms with van der Waals surface area (Å²) in [6.07, 6.45) is 0.206. The second kappa shape index (κ2) is 9.18. The number of carbonyl (C=O) groups excluding carboxylic acids is 2. The van der Waals surface area contributed by atoms with Gasteiger partial charge in [0.15, 0.2) is 0 Å². The minimum Gasteiger partial charge on any atom is -0.325 e. The molecule has 2 N–H and O–H groups in total. The molecule has 0 spiro atoms. The second-order valence-corrected chi connectivity index (χ2v) is 8.74. The van der Waals surface area contributed by atoms with Crippen molar-refractivity contribution in [2.24, 2.45) is 0 Å². The molecule has 0 atom stereocenters. The van der Waals surface area contributed by atoms with E-state index in [1.165, 1.54) is 11.3 Å². The van der Waals surface area contributed by atoms with Crippen LogP contribution in [-0.4, -0.2) is 22.0 Å². The Kier molecular flexibility index (Phi) is 5.78. The number of nitrogens with one attached hydrogen (secondary N) is 2. The van der Waals surface area contributed by atoms with E-state index in [1.54, 1.807) is 0 Å². The maximum Gasteiger partial charge on any atom is 0.231 e. The molecule has 1 aromatic heterocycles. The number of benzene rings is 4. The summed E-state index contributed by atoms with van der Waals surface area (Å²) in [7, 11) is 0. The lowest BCUT2D eigenvalue weighted by molar-refractivity contribution is -0.116. The first-order chi connectivity index (χ1) is 16.2. The van der Waals surface area contributed by atoms with Crippen LogP contribution in [0.15, 0.2) is 84.9 Å². The quantitative estimate of drug-likeness (QED) is 0.371. The van der Waals surface area contributed by atoms with Crippen molar-refractivity contribution in [3.63, 3.8) is 0 Å². The number of fused-ring (bicyclic) bond motifs is 2. The van der Waals surface area contributed by atoms with E-state index in [1.807, 2.05) is 84.9 Å². The Morgan fingerprint density at radius 2 is 1.03 bits per heavy atom. The lowest BCUT2D eigenvalue weighted by Gasteiger charge is -2.08. The Morgan fingerprint density at radius 1 is 0.606 bits per heavy atom. The van der Waals surface area contributed by atoms with E-state index in [0.717, 1.165) is 32.9 Å². The van der Waals surface area contributed by atoms with Gasteiger partial charge in [-0.1, -0.05) is 72.8 Å². The van der Waals surface area contributed by atoms with E-state index in [0.29, 0.717) is 10.0 Å². The fourth-order valence-electron chi connectivity index (χ4n) is 3.76. The molecule has 5 aromatic rings. The van der Waals surface area contributed by atoms with Gasteiger partial charge in [-0.15, -0.1) is 21.5 Å². The fourth-order valence-corrected chi connectivity index (χ4v) is 4.61. The van der Waals surface area contributed by atoms with Gasteiger partial charge in [0.05, 0.1) is 12.8 Å². The minimum absolute atomic E-state index is 0.103. The van der Waals surface area contributed by atoms with Crippen molar-refractivity contribution in [2.75, 3.05) is 10.6 Å². The van der Waals surface area contributed by atoms with Crippen LogP contribution in [0.25, 0.3) is 21.5 Å². The van der Waals surface area contributed by atoms with Gasteiger partial charge in [0.1, 0.15) is 10.0 Å². The SMILES string of the molecule is O=C(Cc1nnc(CC(=O)Nc2cccc3ccccc23)s1)Nc1cccc2ccccc12. The molecule has 33 heavy (non-hydrogen) atoms. The maximum absolute atomic E-state index is 12.6. The Labute approximate surface area is 194 Å². The zero-order valence-electron chi connectivity index (χ0n) is 17.6. The number of hydrogen-bond donors (Lipinski definition) is 2. The number of aromatic nitrogens is 2. The van der Waals surface area contributed by atoms with Crippen LogP contribution >= 0.6 is 11.3 Å². The molecule has 0 radical (unpaired) electrons.